The lowest BCUT2D eigenvalue weighted by Crippen LogP contribution is -2.43. The lowest BCUT2D eigenvalue weighted by molar-refractivity contribution is 0.148. The molecule has 5 heteroatoms. The summed E-state index contributed by atoms with van der Waals surface area (Å²) < 4.78 is 0. The third-order valence-corrected chi connectivity index (χ3v) is 8.88. The van der Waals surface area contributed by atoms with E-state index in [1.54, 1.807) is 0 Å². The minimum absolute atomic E-state index is 0.508. The second-order valence-corrected chi connectivity index (χ2v) is 11.9. The van der Waals surface area contributed by atoms with Gasteiger partial charge in [-0.2, -0.15) is 0 Å². The number of aliphatic imine (C=N–C) groups is 1. The zero-order valence-electron chi connectivity index (χ0n) is 25.5. The fourth-order valence-corrected chi connectivity index (χ4v) is 6.24. The van der Waals surface area contributed by atoms with Gasteiger partial charge in [0.1, 0.15) is 0 Å². The molecule has 2 heterocycles. The van der Waals surface area contributed by atoms with Gasteiger partial charge in [-0.15, -0.1) is 0 Å². The summed E-state index contributed by atoms with van der Waals surface area (Å²) in [5.41, 5.74) is 9.26. The number of amidine groups is 1. The van der Waals surface area contributed by atoms with Crippen LogP contribution in [0.1, 0.15) is 102 Å². The van der Waals surface area contributed by atoms with E-state index in [2.05, 4.69) is 79.2 Å². The van der Waals surface area contributed by atoms with Crippen LogP contribution in [0.3, 0.4) is 0 Å². The van der Waals surface area contributed by atoms with Crippen molar-refractivity contribution in [3.63, 3.8) is 0 Å². The minimum atomic E-state index is 0.508. The quantitative estimate of drug-likeness (QED) is 0.165. The van der Waals surface area contributed by atoms with E-state index < -0.39 is 0 Å². The molecule has 0 amide bonds. The van der Waals surface area contributed by atoms with Gasteiger partial charge in [0.05, 0.1) is 5.84 Å². The van der Waals surface area contributed by atoms with Gasteiger partial charge >= 0.3 is 0 Å². The van der Waals surface area contributed by atoms with Crippen LogP contribution in [0.15, 0.2) is 47.2 Å². The molecule has 1 saturated carbocycles. The van der Waals surface area contributed by atoms with Crippen molar-refractivity contribution in [2.45, 2.75) is 98.1 Å². The van der Waals surface area contributed by atoms with E-state index in [0.29, 0.717) is 6.04 Å². The molecule has 1 aliphatic carbocycles. The average Bonchev–Trinajstić information content (AvgIpc) is 3.23. The number of hydrogen-bond donors (Lipinski definition) is 1. The topological polar surface area (TPSA) is 34.1 Å². The first-order valence-corrected chi connectivity index (χ1v) is 15.6. The van der Waals surface area contributed by atoms with Crippen molar-refractivity contribution in [3.05, 3.63) is 58.9 Å². The van der Waals surface area contributed by atoms with Crippen LogP contribution in [0.5, 0.6) is 0 Å². The second-order valence-electron chi connectivity index (χ2n) is 11.9. The van der Waals surface area contributed by atoms with Gasteiger partial charge in [-0.05, 0) is 69.3 Å². The van der Waals surface area contributed by atoms with Crippen molar-refractivity contribution in [2.75, 3.05) is 39.8 Å². The third-order valence-electron chi connectivity index (χ3n) is 8.88. The molecule has 2 aliphatic heterocycles. The van der Waals surface area contributed by atoms with E-state index in [4.69, 9.17) is 11.6 Å². The highest BCUT2D eigenvalue weighted by Gasteiger charge is 2.34. The van der Waals surface area contributed by atoms with Crippen molar-refractivity contribution in [3.8, 4) is 0 Å². The fourth-order valence-electron chi connectivity index (χ4n) is 6.24. The van der Waals surface area contributed by atoms with Crippen LogP contribution in [0, 0.1) is 0 Å². The van der Waals surface area contributed by atoms with Crippen molar-refractivity contribution in [1.29, 1.82) is 0 Å². The first kappa shape index (κ1) is 29.6. The van der Waals surface area contributed by atoms with Crippen LogP contribution in [0.25, 0.3) is 11.3 Å². The monoisotopic (exact) mass is 531 g/mol. The summed E-state index contributed by atoms with van der Waals surface area (Å²) in [6.45, 7) is 20.2. The highest BCUT2D eigenvalue weighted by atomic mass is 15.2. The zero-order chi connectivity index (χ0) is 27.8. The summed E-state index contributed by atoms with van der Waals surface area (Å²) in [7, 11) is 2.23. The molecule has 0 radical (unpaired) electrons. The highest BCUT2D eigenvalue weighted by Crippen LogP contribution is 2.46. The summed E-state index contributed by atoms with van der Waals surface area (Å²) >= 11 is 0. The number of hydrogen-bond acceptors (Lipinski definition) is 4. The predicted molar refractivity (Wildman–Crippen MR) is 169 cm³/mol. The molecule has 1 aromatic carbocycles. The van der Waals surface area contributed by atoms with Gasteiger partial charge in [0.15, 0.2) is 0 Å². The zero-order valence-corrected chi connectivity index (χ0v) is 25.5. The number of benzene rings is 1. The van der Waals surface area contributed by atoms with Gasteiger partial charge in [-0.1, -0.05) is 64.7 Å². The molecule has 2 fully saturated rings. The average molecular weight is 532 g/mol. The van der Waals surface area contributed by atoms with E-state index in [-0.39, 0.29) is 0 Å². The number of allylic oxidation sites excluding steroid dienone is 2. The number of unbranched alkanes of at least 4 members (excludes halogenated alkanes) is 1. The summed E-state index contributed by atoms with van der Waals surface area (Å²) in [5.74, 6) is 0.989. The first-order chi connectivity index (χ1) is 18.9. The minimum Gasteiger partial charge on any atom is -0.350 e. The number of rotatable bonds is 8. The van der Waals surface area contributed by atoms with Crippen molar-refractivity contribution in [2.24, 2.45) is 4.99 Å². The number of likely N-dealkylation sites (N-methyl/N-ethyl adjacent to an activating group) is 1. The van der Waals surface area contributed by atoms with E-state index >= 15 is 0 Å². The molecule has 3 aliphatic rings. The molecule has 0 atom stereocenters. The van der Waals surface area contributed by atoms with Crippen molar-refractivity contribution in [1.82, 2.24) is 20.0 Å². The highest BCUT2D eigenvalue weighted by molar-refractivity contribution is 5.94. The lowest BCUT2D eigenvalue weighted by Gasteiger charge is -2.43. The standard InChI is InChI=1S/C34H53N5/c1-7-9-18-35-28(5)36-24-33-31-17-16-29(25-38-21-19-37(6)20-22-38)23-32(31)27(4)39(34(33)26(3)8-2)30-14-12-10-11-13-15-30/h16-17,23-24,30H,4,7-15,18-22,25H2,1-3,5-6H3,(H,35,36)/b33-24-,34-26-. The smallest absolute Gasteiger partial charge is 0.0971 e. The molecule has 5 nitrogen and oxygen atoms in total. The Morgan fingerprint density at radius 2 is 1.74 bits per heavy atom. The Bertz CT molecular complexity index is 1070. The number of piperazine rings is 1. The Morgan fingerprint density at radius 1 is 1.03 bits per heavy atom. The normalized spacial score (nSPS) is 22.7. The first-order valence-electron chi connectivity index (χ1n) is 15.6. The molecule has 0 bridgehead atoms. The third kappa shape index (κ3) is 7.43. The van der Waals surface area contributed by atoms with Gasteiger partial charge in [-0.25, -0.2) is 0 Å². The number of nitrogens with zero attached hydrogens (tertiary/aromatic N) is 4. The molecular weight excluding hydrogens is 478 g/mol. The maximum absolute atomic E-state index is 4.79. The summed E-state index contributed by atoms with van der Waals surface area (Å²) in [5, 5.41) is 3.58. The Hall–Kier alpha value is -2.37. The fraction of sp³-hybridized carbons (Fsp3) is 0.618. The molecule has 39 heavy (non-hydrogen) atoms. The Kier molecular flexibility index (Phi) is 10.9. The van der Waals surface area contributed by atoms with Gasteiger partial charge in [-0.3, -0.25) is 9.89 Å². The summed E-state index contributed by atoms with van der Waals surface area (Å²) in [6, 6.07) is 7.65. The maximum Gasteiger partial charge on any atom is 0.0971 e. The molecule has 4 rings (SSSR count). The Balaban J connectivity index is 1.75. The van der Waals surface area contributed by atoms with E-state index in [9.17, 15) is 0 Å². The van der Waals surface area contributed by atoms with Crippen LogP contribution in [0.2, 0.25) is 0 Å². The summed E-state index contributed by atoms with van der Waals surface area (Å²) in [4.78, 5) is 12.4. The summed E-state index contributed by atoms with van der Waals surface area (Å²) in [6.07, 6.45) is 13.4. The van der Waals surface area contributed by atoms with Gasteiger partial charge in [0.2, 0.25) is 0 Å². The van der Waals surface area contributed by atoms with Crippen LogP contribution in [-0.2, 0) is 6.54 Å². The van der Waals surface area contributed by atoms with E-state index in [0.717, 1.165) is 57.9 Å². The predicted octanol–water partition coefficient (Wildman–Crippen LogP) is 7.28. The molecule has 1 saturated heterocycles. The Morgan fingerprint density at radius 3 is 2.41 bits per heavy atom. The SMILES string of the molecule is C=C1c2cc(CN3CCN(C)CC3)ccc2C(=C/NC(C)=NCCCC)/C(=C(\C)CC)N1C1CCCCCC1. The van der Waals surface area contributed by atoms with Gasteiger partial charge in [0, 0.05) is 74.0 Å². The molecule has 214 valence electrons. The van der Waals surface area contributed by atoms with Crippen LogP contribution < -0.4 is 5.32 Å². The van der Waals surface area contributed by atoms with E-state index in [1.165, 1.54) is 84.2 Å². The molecule has 1 aromatic rings. The largest absolute Gasteiger partial charge is 0.350 e. The van der Waals surface area contributed by atoms with Crippen LogP contribution in [0.4, 0.5) is 0 Å². The van der Waals surface area contributed by atoms with Crippen molar-refractivity contribution < 1.29 is 0 Å². The molecule has 0 spiro atoms. The van der Waals surface area contributed by atoms with Crippen LogP contribution in [-0.4, -0.2) is 66.3 Å². The van der Waals surface area contributed by atoms with Crippen molar-refractivity contribution >= 4 is 17.1 Å². The lowest BCUT2D eigenvalue weighted by atomic mass is 9.85. The molecule has 0 aromatic heterocycles. The Labute approximate surface area is 238 Å². The van der Waals surface area contributed by atoms with Gasteiger partial charge in [0.25, 0.3) is 0 Å². The number of fused-ring (bicyclic) bond motifs is 1. The second kappa shape index (κ2) is 14.3. The number of nitrogens with one attached hydrogen (secondary N) is 1. The molecule has 0 unspecified atom stereocenters. The molecular formula is C34H53N5. The maximum atomic E-state index is 4.79. The van der Waals surface area contributed by atoms with E-state index in [1.807, 2.05) is 0 Å². The van der Waals surface area contributed by atoms with Crippen LogP contribution >= 0.6 is 0 Å². The van der Waals surface area contributed by atoms with Gasteiger partial charge < -0.3 is 15.1 Å². The molecule has 1 N–H and O–H groups in total.